The van der Waals surface area contributed by atoms with E-state index in [1.54, 1.807) is 23.2 Å². The van der Waals surface area contributed by atoms with Crippen LogP contribution in [0.15, 0.2) is 24.4 Å². The Morgan fingerprint density at radius 2 is 2.19 bits per heavy atom. The van der Waals surface area contributed by atoms with E-state index in [2.05, 4.69) is 20.3 Å². The number of anilines is 1. The Balaban J connectivity index is 1.46. The van der Waals surface area contributed by atoms with Crippen molar-refractivity contribution < 1.29 is 14.6 Å². The molecule has 1 aliphatic rings. The zero-order valence-electron chi connectivity index (χ0n) is 18.7. The Bertz CT molecular complexity index is 1150. The van der Waals surface area contributed by atoms with E-state index in [4.69, 9.17) is 16.3 Å². The molecule has 0 bridgehead atoms. The summed E-state index contributed by atoms with van der Waals surface area (Å²) in [6.45, 7) is 8.70. The van der Waals surface area contributed by atoms with Gasteiger partial charge in [0.1, 0.15) is 17.2 Å². The number of nitrogens with zero attached hydrogens (tertiary/aromatic N) is 3. The average molecular weight is 458 g/mol. The number of carbonyl (C=O) groups excluding carboxylic acids is 1. The minimum absolute atomic E-state index is 0.0121. The van der Waals surface area contributed by atoms with Crippen molar-refractivity contribution in [3.05, 3.63) is 35.0 Å². The normalized spacial score (nSPS) is 16.5. The molecule has 0 unspecified atom stereocenters. The first kappa shape index (κ1) is 22.2. The van der Waals surface area contributed by atoms with Crippen molar-refractivity contribution in [2.24, 2.45) is 0 Å². The highest BCUT2D eigenvalue weighted by atomic mass is 35.5. The van der Waals surface area contributed by atoms with E-state index >= 15 is 0 Å². The first-order chi connectivity index (χ1) is 15.1. The van der Waals surface area contributed by atoms with Crippen molar-refractivity contribution in [3.8, 4) is 17.1 Å². The first-order valence-electron chi connectivity index (χ1n) is 10.7. The summed E-state index contributed by atoms with van der Waals surface area (Å²) < 4.78 is 5.52. The fourth-order valence-electron chi connectivity index (χ4n) is 3.85. The van der Waals surface area contributed by atoms with Crippen LogP contribution in [0.3, 0.4) is 0 Å². The fourth-order valence-corrected chi connectivity index (χ4v) is 4.00. The van der Waals surface area contributed by atoms with Gasteiger partial charge in [0.05, 0.1) is 22.3 Å². The van der Waals surface area contributed by atoms with Crippen molar-refractivity contribution in [1.29, 1.82) is 0 Å². The first-order valence-corrected chi connectivity index (χ1v) is 11.1. The van der Waals surface area contributed by atoms with Gasteiger partial charge in [-0.05, 0) is 64.3 Å². The van der Waals surface area contributed by atoms with Crippen LogP contribution in [0.4, 0.5) is 10.5 Å². The summed E-state index contributed by atoms with van der Waals surface area (Å²) >= 11 is 6.15. The summed E-state index contributed by atoms with van der Waals surface area (Å²) in [6, 6.07) is 5.34. The molecule has 8 nitrogen and oxygen atoms in total. The summed E-state index contributed by atoms with van der Waals surface area (Å²) in [5, 5.41) is 14.4. The number of likely N-dealkylation sites (tertiary alicyclic amines) is 1. The van der Waals surface area contributed by atoms with E-state index in [1.165, 1.54) is 0 Å². The smallest absolute Gasteiger partial charge is 0.410 e. The second-order valence-electron chi connectivity index (χ2n) is 9.10. The van der Waals surface area contributed by atoms with Gasteiger partial charge >= 0.3 is 6.09 Å². The van der Waals surface area contributed by atoms with Crippen molar-refractivity contribution in [2.45, 2.75) is 52.2 Å². The molecule has 0 spiro atoms. The molecule has 1 atom stereocenters. The summed E-state index contributed by atoms with van der Waals surface area (Å²) in [6.07, 6.45) is 3.10. The molecule has 0 saturated carbocycles. The number of amides is 1. The Morgan fingerprint density at radius 1 is 1.41 bits per heavy atom. The van der Waals surface area contributed by atoms with Crippen LogP contribution in [0.25, 0.3) is 22.6 Å². The number of rotatable bonds is 4. The third kappa shape index (κ3) is 4.60. The largest absolute Gasteiger partial charge is 0.506 e. The van der Waals surface area contributed by atoms with E-state index in [9.17, 15) is 9.90 Å². The highest BCUT2D eigenvalue weighted by molar-refractivity contribution is 6.31. The van der Waals surface area contributed by atoms with Gasteiger partial charge in [-0.1, -0.05) is 11.6 Å². The average Bonchev–Trinajstić information content (AvgIpc) is 3.36. The van der Waals surface area contributed by atoms with Gasteiger partial charge in [-0.15, -0.1) is 0 Å². The van der Waals surface area contributed by atoms with Crippen LogP contribution < -0.4 is 5.32 Å². The highest BCUT2D eigenvalue weighted by Gasteiger charge is 2.32. The molecule has 0 radical (unpaired) electrons. The number of pyridine rings is 1. The number of aromatic nitrogens is 3. The van der Waals surface area contributed by atoms with Gasteiger partial charge in [-0.3, -0.25) is 0 Å². The predicted octanol–water partition coefficient (Wildman–Crippen LogP) is 5.10. The lowest BCUT2D eigenvalue weighted by molar-refractivity contribution is 0.0235. The molecule has 1 aliphatic heterocycles. The molecule has 3 N–H and O–H groups in total. The number of carbonyl (C=O) groups is 1. The Kier molecular flexibility index (Phi) is 5.90. The third-order valence-electron chi connectivity index (χ3n) is 5.52. The molecule has 2 aromatic heterocycles. The summed E-state index contributed by atoms with van der Waals surface area (Å²) in [5.74, 6) is 0.707. The molecule has 0 aliphatic carbocycles. The van der Waals surface area contributed by atoms with E-state index < -0.39 is 5.60 Å². The number of phenolic OH excluding ortho intramolecular Hbond substituents is 1. The van der Waals surface area contributed by atoms with Gasteiger partial charge in [0.25, 0.3) is 0 Å². The van der Waals surface area contributed by atoms with Crippen LogP contribution in [0.1, 0.15) is 39.2 Å². The van der Waals surface area contributed by atoms with Crippen LogP contribution in [0.5, 0.6) is 5.75 Å². The molecule has 1 amide bonds. The minimum Gasteiger partial charge on any atom is -0.506 e. The Hall–Kier alpha value is -3.00. The lowest BCUT2D eigenvalue weighted by Crippen LogP contribution is -2.42. The van der Waals surface area contributed by atoms with Crippen LogP contribution in [-0.2, 0) is 4.74 Å². The monoisotopic (exact) mass is 457 g/mol. The van der Waals surface area contributed by atoms with E-state index in [-0.39, 0.29) is 17.9 Å². The number of H-pyrrole nitrogens is 1. The van der Waals surface area contributed by atoms with Gasteiger partial charge in [0.15, 0.2) is 5.65 Å². The summed E-state index contributed by atoms with van der Waals surface area (Å²) in [5.41, 5.74) is 3.03. The molecule has 1 fully saturated rings. The molecular formula is C23H28ClN5O3. The number of halogens is 1. The number of fused-ring (bicyclic) bond motifs is 1. The molecule has 9 heteroatoms. The number of nitrogens with one attached hydrogen (secondary N) is 2. The maximum atomic E-state index is 12.5. The minimum atomic E-state index is -0.526. The standard InChI is InChI=1S/C23H28ClN5O3/c1-13-16(24)12-26-21-19(13)27-20(28-21)14-7-8-17(18(30)10-14)25-11-15-6-5-9-29(15)22(31)32-23(2,3)4/h7-8,10,12,15,25,30H,5-6,9,11H2,1-4H3,(H,26,27,28)/t15-/m1/s1. The van der Waals surface area contributed by atoms with Crippen molar-refractivity contribution in [3.63, 3.8) is 0 Å². The molecule has 170 valence electrons. The quantitative estimate of drug-likeness (QED) is 0.471. The molecule has 1 aromatic carbocycles. The van der Waals surface area contributed by atoms with Gasteiger partial charge in [-0.2, -0.15) is 0 Å². The van der Waals surface area contributed by atoms with E-state index in [1.807, 2.05) is 33.8 Å². The number of aryl methyl sites for hydroxylation is 1. The predicted molar refractivity (Wildman–Crippen MR) is 125 cm³/mol. The number of hydrogen-bond acceptors (Lipinski definition) is 6. The number of ether oxygens (including phenoxy) is 1. The van der Waals surface area contributed by atoms with Crippen LogP contribution in [-0.4, -0.2) is 55.8 Å². The molecular weight excluding hydrogens is 430 g/mol. The zero-order valence-corrected chi connectivity index (χ0v) is 19.5. The second kappa shape index (κ2) is 8.50. The Morgan fingerprint density at radius 3 is 2.91 bits per heavy atom. The van der Waals surface area contributed by atoms with Gasteiger partial charge in [0.2, 0.25) is 0 Å². The highest BCUT2D eigenvalue weighted by Crippen LogP contribution is 2.31. The van der Waals surface area contributed by atoms with Crippen LogP contribution in [0, 0.1) is 6.92 Å². The number of hydrogen-bond donors (Lipinski definition) is 3. The zero-order chi connectivity index (χ0) is 23.0. The fraction of sp³-hybridized carbons (Fsp3) is 0.435. The van der Waals surface area contributed by atoms with Crippen molar-refractivity contribution in [2.75, 3.05) is 18.4 Å². The number of benzene rings is 1. The van der Waals surface area contributed by atoms with Gasteiger partial charge < -0.3 is 25.0 Å². The topological polar surface area (TPSA) is 103 Å². The summed E-state index contributed by atoms with van der Waals surface area (Å²) in [7, 11) is 0. The third-order valence-corrected chi connectivity index (χ3v) is 5.90. The van der Waals surface area contributed by atoms with Crippen molar-refractivity contribution in [1.82, 2.24) is 19.9 Å². The van der Waals surface area contributed by atoms with Crippen LogP contribution in [0.2, 0.25) is 5.02 Å². The SMILES string of the molecule is Cc1c(Cl)cnc2nc(-c3ccc(NC[C@H]4CCCN4C(=O)OC(C)(C)C)c(O)c3)[nH]c12. The molecule has 1 saturated heterocycles. The number of aromatic hydroxyl groups is 1. The molecule has 4 rings (SSSR count). The van der Waals surface area contributed by atoms with Gasteiger partial charge in [0, 0.05) is 24.8 Å². The van der Waals surface area contributed by atoms with Crippen molar-refractivity contribution >= 4 is 34.5 Å². The maximum Gasteiger partial charge on any atom is 0.410 e. The number of aromatic amines is 1. The second-order valence-corrected chi connectivity index (χ2v) is 9.50. The van der Waals surface area contributed by atoms with Gasteiger partial charge in [-0.25, -0.2) is 14.8 Å². The van der Waals surface area contributed by atoms with E-state index in [0.717, 1.165) is 29.5 Å². The number of imidazole rings is 1. The number of phenols is 1. The molecule has 3 heterocycles. The lowest BCUT2D eigenvalue weighted by Gasteiger charge is -2.29. The summed E-state index contributed by atoms with van der Waals surface area (Å²) in [4.78, 5) is 26.2. The molecule has 3 aromatic rings. The van der Waals surface area contributed by atoms with E-state index in [0.29, 0.717) is 35.3 Å². The molecule has 32 heavy (non-hydrogen) atoms. The maximum absolute atomic E-state index is 12.5. The lowest BCUT2D eigenvalue weighted by atomic mass is 10.1. The Labute approximate surface area is 192 Å². The van der Waals surface area contributed by atoms with Crippen LogP contribution >= 0.6 is 11.6 Å².